The van der Waals surface area contributed by atoms with E-state index in [4.69, 9.17) is 4.74 Å². The van der Waals surface area contributed by atoms with Crippen molar-refractivity contribution >= 4 is 21.7 Å². The molecule has 1 atom stereocenters. The maximum absolute atomic E-state index is 13.4. The first-order chi connectivity index (χ1) is 11.8. The maximum atomic E-state index is 13.4. The largest absolute Gasteiger partial charge is 0.461 e. The van der Waals surface area contributed by atoms with E-state index < -0.39 is 16.0 Å². The number of nitrogens with one attached hydrogen (secondary N) is 1. The summed E-state index contributed by atoms with van der Waals surface area (Å²) in [7, 11) is -3.80. The van der Waals surface area contributed by atoms with Crippen molar-refractivity contribution in [2.45, 2.75) is 45.1 Å². The van der Waals surface area contributed by atoms with E-state index in [1.807, 2.05) is 31.2 Å². The first kappa shape index (κ1) is 17.5. The Morgan fingerprint density at radius 1 is 1.32 bits per heavy atom. The number of aromatic amines is 1. The SMILES string of the molecule is CCOC(=O)c1[nH]c(C)c(S(=O)(=O)N2c3ccccc3C[C@H]2C)c1C. The number of carbonyl (C=O) groups excluding carboxylic acids is 1. The summed E-state index contributed by atoms with van der Waals surface area (Å²) >= 11 is 0. The lowest BCUT2D eigenvalue weighted by atomic mass is 10.1. The van der Waals surface area contributed by atoms with E-state index in [1.54, 1.807) is 20.8 Å². The van der Waals surface area contributed by atoms with E-state index in [1.165, 1.54) is 4.31 Å². The highest BCUT2D eigenvalue weighted by atomic mass is 32.2. The molecular formula is C18H22N2O4S. The van der Waals surface area contributed by atoms with Crippen molar-refractivity contribution in [3.63, 3.8) is 0 Å². The molecule has 0 saturated heterocycles. The van der Waals surface area contributed by atoms with E-state index in [9.17, 15) is 13.2 Å². The van der Waals surface area contributed by atoms with E-state index >= 15 is 0 Å². The molecule has 1 aliphatic heterocycles. The van der Waals surface area contributed by atoms with E-state index in [-0.39, 0.29) is 23.2 Å². The Balaban J connectivity index is 2.12. The van der Waals surface area contributed by atoms with Crippen LogP contribution < -0.4 is 4.31 Å². The second-order valence-electron chi connectivity index (χ2n) is 6.28. The maximum Gasteiger partial charge on any atom is 0.355 e. The second-order valence-corrected chi connectivity index (χ2v) is 8.03. The molecule has 25 heavy (non-hydrogen) atoms. The molecule has 1 N–H and O–H groups in total. The lowest BCUT2D eigenvalue weighted by molar-refractivity contribution is 0.0519. The van der Waals surface area contributed by atoms with Crippen LogP contribution in [0.5, 0.6) is 0 Å². The molecule has 0 spiro atoms. The van der Waals surface area contributed by atoms with Gasteiger partial charge in [-0.3, -0.25) is 4.31 Å². The zero-order chi connectivity index (χ0) is 18.4. The number of aryl methyl sites for hydroxylation is 1. The van der Waals surface area contributed by atoms with Gasteiger partial charge in [-0.1, -0.05) is 18.2 Å². The van der Waals surface area contributed by atoms with Crippen LogP contribution in [0.3, 0.4) is 0 Å². The molecule has 134 valence electrons. The van der Waals surface area contributed by atoms with Gasteiger partial charge in [0.25, 0.3) is 10.0 Å². The number of hydrogen-bond donors (Lipinski definition) is 1. The molecular weight excluding hydrogens is 340 g/mol. The number of H-pyrrole nitrogens is 1. The van der Waals surface area contributed by atoms with Crippen LogP contribution in [-0.4, -0.2) is 32.0 Å². The van der Waals surface area contributed by atoms with Gasteiger partial charge in [0.05, 0.1) is 12.3 Å². The van der Waals surface area contributed by atoms with Crippen molar-refractivity contribution in [3.05, 3.63) is 46.8 Å². The molecule has 6 nitrogen and oxygen atoms in total. The van der Waals surface area contributed by atoms with Gasteiger partial charge in [0.2, 0.25) is 0 Å². The fourth-order valence-corrected chi connectivity index (χ4v) is 5.64. The highest BCUT2D eigenvalue weighted by Crippen LogP contribution is 2.38. The lowest BCUT2D eigenvalue weighted by Crippen LogP contribution is -2.36. The van der Waals surface area contributed by atoms with Gasteiger partial charge < -0.3 is 9.72 Å². The Morgan fingerprint density at radius 2 is 2.00 bits per heavy atom. The summed E-state index contributed by atoms with van der Waals surface area (Å²) in [6.45, 7) is 7.13. The van der Waals surface area contributed by atoms with Crippen LogP contribution in [0.2, 0.25) is 0 Å². The molecule has 1 aromatic heterocycles. The first-order valence-corrected chi connectivity index (χ1v) is 9.71. The number of para-hydroxylation sites is 1. The normalized spacial score (nSPS) is 16.8. The average molecular weight is 362 g/mol. The van der Waals surface area contributed by atoms with E-state index in [0.29, 0.717) is 23.4 Å². The molecule has 0 bridgehead atoms. The molecule has 0 amide bonds. The molecule has 0 aliphatic carbocycles. The zero-order valence-electron chi connectivity index (χ0n) is 14.8. The number of aromatic nitrogens is 1. The molecule has 3 rings (SSSR count). The summed E-state index contributed by atoms with van der Waals surface area (Å²) < 4.78 is 33.3. The number of fused-ring (bicyclic) bond motifs is 1. The first-order valence-electron chi connectivity index (χ1n) is 8.27. The predicted octanol–water partition coefficient (Wildman–Crippen LogP) is 2.95. The van der Waals surface area contributed by atoms with Crippen molar-refractivity contribution in [2.75, 3.05) is 10.9 Å². The van der Waals surface area contributed by atoms with Crippen LogP contribution in [-0.2, 0) is 21.2 Å². The van der Waals surface area contributed by atoms with E-state index in [0.717, 1.165) is 5.56 Å². The number of anilines is 1. The highest BCUT2D eigenvalue weighted by molar-refractivity contribution is 7.93. The third-order valence-electron chi connectivity index (χ3n) is 4.51. The Labute approximate surface area is 147 Å². The zero-order valence-corrected chi connectivity index (χ0v) is 15.6. The molecule has 1 aromatic carbocycles. The predicted molar refractivity (Wildman–Crippen MR) is 95.5 cm³/mol. The van der Waals surface area contributed by atoms with Gasteiger partial charge in [0.15, 0.2) is 0 Å². The number of hydrogen-bond acceptors (Lipinski definition) is 4. The Hall–Kier alpha value is -2.28. The number of nitrogens with zero attached hydrogens (tertiary/aromatic N) is 1. The van der Waals surface area contributed by atoms with Crippen molar-refractivity contribution < 1.29 is 17.9 Å². The number of esters is 1. The van der Waals surface area contributed by atoms with Crippen molar-refractivity contribution in [1.29, 1.82) is 0 Å². The standard InChI is InChI=1S/C18H22N2O4S/c1-5-24-18(21)16-12(3)17(13(4)19-16)25(22,23)20-11(2)10-14-8-6-7-9-15(14)20/h6-9,11,19H,5,10H2,1-4H3/t11-/m1/s1. The van der Waals surface area contributed by atoms with Gasteiger partial charge in [-0.05, 0) is 45.7 Å². The Kier molecular flexibility index (Phi) is 4.36. The van der Waals surface area contributed by atoms with E-state index in [2.05, 4.69) is 4.98 Å². The number of carbonyl (C=O) groups is 1. The summed E-state index contributed by atoms with van der Waals surface area (Å²) in [6, 6.07) is 7.33. The van der Waals surface area contributed by atoms with Crippen LogP contribution in [0.25, 0.3) is 0 Å². The van der Waals surface area contributed by atoms with Gasteiger partial charge in [-0.2, -0.15) is 0 Å². The quantitative estimate of drug-likeness (QED) is 0.848. The second kappa shape index (κ2) is 6.22. The van der Waals surface area contributed by atoms with Crippen LogP contribution in [0.15, 0.2) is 29.2 Å². The number of sulfonamides is 1. The minimum absolute atomic E-state index is 0.152. The van der Waals surface area contributed by atoms with Crippen LogP contribution in [0.4, 0.5) is 5.69 Å². The molecule has 2 aromatic rings. The van der Waals surface area contributed by atoms with Gasteiger partial charge >= 0.3 is 5.97 Å². The van der Waals surface area contributed by atoms with Gasteiger partial charge in [0, 0.05) is 17.3 Å². The summed E-state index contributed by atoms with van der Waals surface area (Å²) in [5.41, 5.74) is 2.74. The molecule has 0 saturated carbocycles. The van der Waals surface area contributed by atoms with Gasteiger partial charge in [-0.25, -0.2) is 13.2 Å². The summed E-state index contributed by atoms with van der Waals surface area (Å²) in [6.07, 6.45) is 0.669. The highest BCUT2D eigenvalue weighted by Gasteiger charge is 2.39. The summed E-state index contributed by atoms with van der Waals surface area (Å²) in [5, 5.41) is 0. The Morgan fingerprint density at radius 3 is 2.68 bits per heavy atom. The molecule has 0 fully saturated rings. The van der Waals surface area contributed by atoms with Gasteiger partial charge in [0.1, 0.15) is 10.6 Å². The third kappa shape index (κ3) is 2.72. The monoisotopic (exact) mass is 362 g/mol. The van der Waals surface area contributed by atoms with Crippen LogP contribution >= 0.6 is 0 Å². The number of ether oxygens (including phenoxy) is 1. The van der Waals surface area contributed by atoms with Crippen molar-refractivity contribution in [1.82, 2.24) is 4.98 Å². The molecule has 1 aliphatic rings. The average Bonchev–Trinajstić information content (AvgIpc) is 3.03. The topological polar surface area (TPSA) is 79.5 Å². The third-order valence-corrected chi connectivity index (χ3v) is 6.71. The molecule has 0 radical (unpaired) electrons. The molecule has 2 heterocycles. The van der Waals surface area contributed by atoms with Gasteiger partial charge in [-0.15, -0.1) is 0 Å². The summed E-state index contributed by atoms with van der Waals surface area (Å²) in [4.78, 5) is 15.1. The molecule has 0 unspecified atom stereocenters. The fourth-order valence-electron chi connectivity index (χ4n) is 3.53. The minimum Gasteiger partial charge on any atom is -0.461 e. The van der Waals surface area contributed by atoms with Crippen LogP contribution in [0, 0.1) is 13.8 Å². The lowest BCUT2D eigenvalue weighted by Gasteiger charge is -2.25. The minimum atomic E-state index is -3.80. The van der Waals surface area contributed by atoms with Crippen LogP contribution in [0.1, 0.15) is 41.2 Å². The number of rotatable bonds is 4. The smallest absolute Gasteiger partial charge is 0.355 e. The fraction of sp³-hybridized carbons (Fsp3) is 0.389. The Bertz CT molecular complexity index is 931. The van der Waals surface area contributed by atoms with Crippen molar-refractivity contribution in [2.24, 2.45) is 0 Å². The number of benzene rings is 1. The van der Waals surface area contributed by atoms with Crippen molar-refractivity contribution in [3.8, 4) is 0 Å². The molecule has 7 heteroatoms. The summed E-state index contributed by atoms with van der Waals surface area (Å²) in [5.74, 6) is -0.542.